The van der Waals surface area contributed by atoms with Gasteiger partial charge in [-0.1, -0.05) is 51.1 Å². The molecule has 0 saturated carbocycles. The highest BCUT2D eigenvalue weighted by molar-refractivity contribution is 7.80. The van der Waals surface area contributed by atoms with Crippen molar-refractivity contribution in [1.82, 2.24) is 10.6 Å². The Morgan fingerprint density at radius 2 is 1.64 bits per heavy atom. The maximum atomic E-state index is 9.99. The lowest BCUT2D eigenvalue weighted by Gasteiger charge is -2.19. The molecular formula is C20H27N3OS. The van der Waals surface area contributed by atoms with Gasteiger partial charge in [0.15, 0.2) is 5.11 Å². The molecule has 2 aromatic rings. The van der Waals surface area contributed by atoms with E-state index < -0.39 is 0 Å². The first-order valence-corrected chi connectivity index (χ1v) is 8.81. The zero-order chi connectivity index (χ0) is 18.4. The molecule has 0 unspecified atom stereocenters. The molecule has 0 aliphatic carbocycles. The molecule has 0 amide bonds. The van der Waals surface area contributed by atoms with E-state index in [0.29, 0.717) is 18.2 Å². The molecule has 2 aromatic carbocycles. The fraction of sp³-hybridized carbons (Fsp3) is 0.350. The summed E-state index contributed by atoms with van der Waals surface area (Å²) >= 11 is 5.31. The summed E-state index contributed by atoms with van der Waals surface area (Å²) in [6, 6.07) is 14.1. The number of aromatic hydroxyl groups is 1. The lowest BCUT2D eigenvalue weighted by Crippen LogP contribution is -2.34. The summed E-state index contributed by atoms with van der Waals surface area (Å²) in [7, 11) is 1.82. The quantitative estimate of drug-likeness (QED) is 0.612. The van der Waals surface area contributed by atoms with Gasteiger partial charge in [0.05, 0.1) is 0 Å². The lowest BCUT2D eigenvalue weighted by molar-refractivity contribution is 0.467. The number of anilines is 1. The summed E-state index contributed by atoms with van der Waals surface area (Å²) in [6.45, 7) is 7.76. The van der Waals surface area contributed by atoms with Crippen molar-refractivity contribution in [3.8, 4) is 5.75 Å². The smallest absolute Gasteiger partial charge is 0.166 e. The normalized spacial score (nSPS) is 11.0. The molecule has 0 heterocycles. The molecule has 4 N–H and O–H groups in total. The topological polar surface area (TPSA) is 56.3 Å². The minimum Gasteiger partial charge on any atom is -0.508 e. The van der Waals surface area contributed by atoms with Gasteiger partial charge in [0, 0.05) is 37.5 Å². The van der Waals surface area contributed by atoms with Crippen LogP contribution in [0.1, 0.15) is 37.5 Å². The first-order valence-electron chi connectivity index (χ1n) is 8.40. The van der Waals surface area contributed by atoms with Crippen LogP contribution in [0.25, 0.3) is 0 Å². The number of phenols is 1. The minimum atomic E-state index is 0.160. The summed E-state index contributed by atoms with van der Waals surface area (Å²) in [6.07, 6.45) is 0. The standard InChI is InChI=1S/C20H27N3OS/c1-20(2,3)16-8-5-14(6-9-16)12-22-19(25)23-13-15-7-10-17(21-4)11-18(15)24/h5-11,21,24H,12-13H2,1-4H3,(H2,22,23,25). The van der Waals surface area contributed by atoms with Crippen molar-refractivity contribution in [3.63, 3.8) is 0 Å². The Morgan fingerprint density at radius 3 is 2.20 bits per heavy atom. The Morgan fingerprint density at radius 1 is 1.00 bits per heavy atom. The van der Waals surface area contributed by atoms with Gasteiger partial charge in [-0.2, -0.15) is 0 Å². The maximum absolute atomic E-state index is 9.99. The number of nitrogens with one attached hydrogen (secondary N) is 3. The second-order valence-corrected chi connectivity index (χ2v) is 7.48. The molecule has 0 aliphatic heterocycles. The van der Waals surface area contributed by atoms with Crippen molar-refractivity contribution in [2.75, 3.05) is 12.4 Å². The average molecular weight is 358 g/mol. The molecule has 0 aromatic heterocycles. The molecule has 0 saturated heterocycles. The van der Waals surface area contributed by atoms with Crippen LogP contribution in [0.15, 0.2) is 42.5 Å². The van der Waals surface area contributed by atoms with E-state index in [2.05, 4.69) is 61.0 Å². The van der Waals surface area contributed by atoms with Crippen LogP contribution in [0.4, 0.5) is 5.69 Å². The molecular weight excluding hydrogens is 330 g/mol. The van der Waals surface area contributed by atoms with E-state index in [0.717, 1.165) is 11.3 Å². The monoisotopic (exact) mass is 357 g/mol. The van der Waals surface area contributed by atoms with Crippen LogP contribution in [0.3, 0.4) is 0 Å². The van der Waals surface area contributed by atoms with Crippen molar-refractivity contribution >= 4 is 23.0 Å². The SMILES string of the molecule is CNc1ccc(CNC(=S)NCc2ccc(C(C)(C)C)cc2)c(O)c1. The maximum Gasteiger partial charge on any atom is 0.166 e. The van der Waals surface area contributed by atoms with Crippen molar-refractivity contribution in [2.45, 2.75) is 39.3 Å². The molecule has 5 heteroatoms. The fourth-order valence-electron chi connectivity index (χ4n) is 2.41. The zero-order valence-electron chi connectivity index (χ0n) is 15.3. The van der Waals surface area contributed by atoms with Crippen LogP contribution in [0.5, 0.6) is 5.75 Å². The number of rotatable bonds is 5. The number of phenolic OH excluding ortho intramolecular Hbond substituents is 1. The molecule has 134 valence electrons. The van der Waals surface area contributed by atoms with Gasteiger partial charge >= 0.3 is 0 Å². The Labute approximate surface area is 155 Å². The first kappa shape index (κ1) is 19.1. The van der Waals surface area contributed by atoms with Gasteiger partial charge < -0.3 is 21.1 Å². The predicted octanol–water partition coefficient (Wildman–Crippen LogP) is 3.90. The molecule has 0 aliphatic rings. The van der Waals surface area contributed by atoms with Gasteiger partial charge in [-0.15, -0.1) is 0 Å². The van der Waals surface area contributed by atoms with Crippen LogP contribution in [0.2, 0.25) is 0 Å². The van der Waals surface area contributed by atoms with Crippen LogP contribution in [-0.2, 0) is 18.5 Å². The van der Waals surface area contributed by atoms with Gasteiger partial charge in [0.1, 0.15) is 5.75 Å². The number of hydrogen-bond acceptors (Lipinski definition) is 3. The molecule has 0 atom stereocenters. The highest BCUT2D eigenvalue weighted by atomic mass is 32.1. The van der Waals surface area contributed by atoms with E-state index >= 15 is 0 Å². The summed E-state index contributed by atoms with van der Waals surface area (Å²) in [5, 5.41) is 19.9. The van der Waals surface area contributed by atoms with E-state index in [1.807, 2.05) is 19.2 Å². The Kier molecular flexibility index (Phi) is 6.26. The van der Waals surface area contributed by atoms with Gasteiger partial charge in [0.25, 0.3) is 0 Å². The highest BCUT2D eigenvalue weighted by Crippen LogP contribution is 2.22. The summed E-state index contributed by atoms with van der Waals surface area (Å²) in [4.78, 5) is 0. The summed E-state index contributed by atoms with van der Waals surface area (Å²) in [5.41, 5.74) is 4.34. The van der Waals surface area contributed by atoms with E-state index in [1.54, 1.807) is 6.07 Å². The van der Waals surface area contributed by atoms with E-state index in [9.17, 15) is 5.11 Å². The van der Waals surface area contributed by atoms with Crippen molar-refractivity contribution in [1.29, 1.82) is 0 Å². The zero-order valence-corrected chi connectivity index (χ0v) is 16.1. The molecule has 25 heavy (non-hydrogen) atoms. The summed E-state index contributed by atoms with van der Waals surface area (Å²) in [5.74, 6) is 0.250. The average Bonchev–Trinajstić information content (AvgIpc) is 2.58. The Bertz CT molecular complexity index is 721. The van der Waals surface area contributed by atoms with Crippen molar-refractivity contribution in [3.05, 3.63) is 59.2 Å². The van der Waals surface area contributed by atoms with Crippen LogP contribution >= 0.6 is 12.2 Å². The Hall–Kier alpha value is -2.27. The highest BCUT2D eigenvalue weighted by Gasteiger charge is 2.12. The fourth-order valence-corrected chi connectivity index (χ4v) is 2.56. The molecule has 4 nitrogen and oxygen atoms in total. The second-order valence-electron chi connectivity index (χ2n) is 7.08. The van der Waals surface area contributed by atoms with Crippen LogP contribution < -0.4 is 16.0 Å². The number of hydrogen-bond donors (Lipinski definition) is 4. The molecule has 0 spiro atoms. The first-order chi connectivity index (χ1) is 11.8. The molecule has 0 bridgehead atoms. The van der Waals surface area contributed by atoms with Crippen LogP contribution in [0, 0.1) is 0 Å². The predicted molar refractivity (Wildman–Crippen MR) is 109 cm³/mol. The van der Waals surface area contributed by atoms with E-state index in [4.69, 9.17) is 12.2 Å². The van der Waals surface area contributed by atoms with Crippen LogP contribution in [-0.4, -0.2) is 17.3 Å². The van der Waals surface area contributed by atoms with Gasteiger partial charge in [-0.05, 0) is 34.8 Å². The second kappa shape index (κ2) is 8.21. The molecule has 2 rings (SSSR count). The van der Waals surface area contributed by atoms with Crippen molar-refractivity contribution < 1.29 is 5.11 Å². The van der Waals surface area contributed by atoms with Gasteiger partial charge in [-0.25, -0.2) is 0 Å². The third-order valence-electron chi connectivity index (χ3n) is 4.09. The van der Waals surface area contributed by atoms with E-state index in [-0.39, 0.29) is 11.2 Å². The minimum absolute atomic E-state index is 0.160. The number of thiocarbonyl (C=S) groups is 1. The third-order valence-corrected chi connectivity index (χ3v) is 4.38. The van der Waals surface area contributed by atoms with E-state index in [1.165, 1.54) is 11.1 Å². The number of benzene rings is 2. The Balaban J connectivity index is 1.83. The third kappa shape index (κ3) is 5.64. The molecule has 0 fully saturated rings. The largest absolute Gasteiger partial charge is 0.508 e. The summed E-state index contributed by atoms with van der Waals surface area (Å²) < 4.78 is 0. The van der Waals surface area contributed by atoms with Crippen molar-refractivity contribution in [2.24, 2.45) is 0 Å². The van der Waals surface area contributed by atoms with Gasteiger partial charge in [-0.3, -0.25) is 0 Å². The lowest BCUT2D eigenvalue weighted by atomic mass is 9.87. The van der Waals surface area contributed by atoms with Gasteiger partial charge in [0.2, 0.25) is 0 Å². The molecule has 0 radical (unpaired) electrons.